The van der Waals surface area contributed by atoms with Gasteiger partial charge in [-0.15, -0.1) is 16.4 Å². The normalized spacial score (nSPS) is 10.6. The van der Waals surface area contributed by atoms with Gasteiger partial charge in [0.2, 0.25) is 0 Å². The number of carbonyl (C=O) groups excluding carboxylic acids is 1. The number of carbonyl (C=O) groups is 1. The van der Waals surface area contributed by atoms with Crippen LogP contribution in [0.2, 0.25) is 0 Å². The molecule has 2 aromatic heterocycles. The number of amides is 1. The maximum absolute atomic E-state index is 12.5. The van der Waals surface area contributed by atoms with E-state index >= 15 is 0 Å². The van der Waals surface area contributed by atoms with Crippen molar-refractivity contribution in [2.24, 2.45) is 0 Å². The SMILES string of the molecule is CCCc1nnsc1C(=O)Nc1nc(-c2ccc(OC)c(OC)c2)cs1. The first-order chi connectivity index (χ1) is 12.7. The first-order valence-corrected chi connectivity index (χ1v) is 9.62. The van der Waals surface area contributed by atoms with Gasteiger partial charge in [0.1, 0.15) is 4.88 Å². The third-order valence-corrected chi connectivity index (χ3v) is 5.18. The molecule has 0 fully saturated rings. The summed E-state index contributed by atoms with van der Waals surface area (Å²) in [5, 5.41) is 9.26. The zero-order valence-electron chi connectivity index (χ0n) is 14.6. The Kier molecular flexibility index (Phi) is 5.79. The molecule has 1 N–H and O–H groups in total. The summed E-state index contributed by atoms with van der Waals surface area (Å²) in [5.41, 5.74) is 2.36. The minimum Gasteiger partial charge on any atom is -0.493 e. The van der Waals surface area contributed by atoms with Gasteiger partial charge in [0.05, 0.1) is 25.6 Å². The number of aryl methyl sites for hydroxylation is 1. The Morgan fingerprint density at radius 1 is 1.23 bits per heavy atom. The van der Waals surface area contributed by atoms with E-state index in [2.05, 4.69) is 19.9 Å². The minimum atomic E-state index is -0.225. The van der Waals surface area contributed by atoms with Crippen molar-refractivity contribution in [3.8, 4) is 22.8 Å². The summed E-state index contributed by atoms with van der Waals surface area (Å²) < 4.78 is 14.4. The number of benzene rings is 1. The Labute approximate surface area is 159 Å². The van der Waals surface area contributed by atoms with E-state index in [9.17, 15) is 4.79 Å². The van der Waals surface area contributed by atoms with Gasteiger partial charge in [0, 0.05) is 10.9 Å². The van der Waals surface area contributed by atoms with E-state index < -0.39 is 0 Å². The van der Waals surface area contributed by atoms with Gasteiger partial charge in [-0.1, -0.05) is 17.8 Å². The molecule has 0 saturated heterocycles. The van der Waals surface area contributed by atoms with Gasteiger partial charge in [-0.3, -0.25) is 10.1 Å². The lowest BCUT2D eigenvalue weighted by atomic mass is 10.1. The van der Waals surface area contributed by atoms with E-state index in [1.165, 1.54) is 11.3 Å². The fourth-order valence-electron chi connectivity index (χ4n) is 2.39. The molecule has 26 heavy (non-hydrogen) atoms. The minimum absolute atomic E-state index is 0.225. The average Bonchev–Trinajstić information content (AvgIpc) is 3.31. The quantitative estimate of drug-likeness (QED) is 0.659. The summed E-state index contributed by atoms with van der Waals surface area (Å²) in [4.78, 5) is 17.5. The highest BCUT2D eigenvalue weighted by Crippen LogP contribution is 2.33. The van der Waals surface area contributed by atoms with Crippen molar-refractivity contribution >= 4 is 33.9 Å². The number of ether oxygens (including phenoxy) is 2. The van der Waals surface area contributed by atoms with Crippen LogP contribution in [0.5, 0.6) is 11.5 Å². The summed E-state index contributed by atoms with van der Waals surface area (Å²) in [6.45, 7) is 2.04. The van der Waals surface area contributed by atoms with E-state index in [-0.39, 0.29) is 5.91 Å². The molecule has 136 valence electrons. The molecule has 2 heterocycles. The highest BCUT2D eigenvalue weighted by Gasteiger charge is 2.17. The number of nitrogens with one attached hydrogen (secondary N) is 1. The maximum Gasteiger partial charge on any atom is 0.271 e. The fourth-order valence-corrected chi connectivity index (χ4v) is 3.71. The zero-order chi connectivity index (χ0) is 18.5. The van der Waals surface area contributed by atoms with Crippen LogP contribution < -0.4 is 14.8 Å². The van der Waals surface area contributed by atoms with Gasteiger partial charge in [-0.05, 0) is 36.2 Å². The number of anilines is 1. The van der Waals surface area contributed by atoms with Crippen molar-refractivity contribution in [3.05, 3.63) is 34.2 Å². The van der Waals surface area contributed by atoms with Gasteiger partial charge >= 0.3 is 0 Å². The van der Waals surface area contributed by atoms with Crippen LogP contribution in [0.1, 0.15) is 28.7 Å². The number of thiazole rings is 1. The van der Waals surface area contributed by atoms with Crippen molar-refractivity contribution in [1.82, 2.24) is 14.6 Å². The fraction of sp³-hybridized carbons (Fsp3) is 0.294. The topological polar surface area (TPSA) is 86.2 Å². The molecular formula is C17H18N4O3S2. The molecule has 0 radical (unpaired) electrons. The van der Waals surface area contributed by atoms with E-state index in [0.717, 1.165) is 41.3 Å². The number of hydrogen-bond acceptors (Lipinski definition) is 8. The molecule has 1 aromatic carbocycles. The number of nitrogens with zero attached hydrogens (tertiary/aromatic N) is 3. The van der Waals surface area contributed by atoms with Gasteiger partial charge in [-0.2, -0.15) is 0 Å². The van der Waals surface area contributed by atoms with Gasteiger partial charge < -0.3 is 9.47 Å². The Bertz CT molecular complexity index is 907. The molecule has 0 aliphatic rings. The largest absolute Gasteiger partial charge is 0.493 e. The summed E-state index contributed by atoms with van der Waals surface area (Å²) in [6.07, 6.45) is 1.64. The van der Waals surface area contributed by atoms with Crippen LogP contribution in [0, 0.1) is 0 Å². The van der Waals surface area contributed by atoms with Crippen LogP contribution in [0.15, 0.2) is 23.6 Å². The molecule has 0 bridgehead atoms. The Hall–Kier alpha value is -2.52. The second-order valence-electron chi connectivity index (χ2n) is 5.36. The van der Waals surface area contributed by atoms with Crippen LogP contribution in [0.4, 0.5) is 5.13 Å². The second-order valence-corrected chi connectivity index (χ2v) is 6.97. The van der Waals surface area contributed by atoms with E-state index in [4.69, 9.17) is 9.47 Å². The molecule has 3 aromatic rings. The lowest BCUT2D eigenvalue weighted by Gasteiger charge is -2.08. The summed E-state index contributed by atoms with van der Waals surface area (Å²) >= 11 is 2.46. The lowest BCUT2D eigenvalue weighted by Crippen LogP contribution is -2.12. The predicted octanol–water partition coefficient (Wildman–Crippen LogP) is 3.88. The molecule has 1 amide bonds. The van der Waals surface area contributed by atoms with Crippen LogP contribution in [0.25, 0.3) is 11.3 Å². The van der Waals surface area contributed by atoms with Crippen molar-refractivity contribution < 1.29 is 14.3 Å². The van der Waals surface area contributed by atoms with Crippen LogP contribution in [-0.4, -0.2) is 34.7 Å². The first kappa shape index (κ1) is 18.3. The lowest BCUT2D eigenvalue weighted by molar-refractivity contribution is 0.102. The second kappa shape index (κ2) is 8.24. The summed E-state index contributed by atoms with van der Waals surface area (Å²) in [7, 11) is 3.18. The average molecular weight is 390 g/mol. The molecule has 7 nitrogen and oxygen atoms in total. The highest BCUT2D eigenvalue weighted by atomic mass is 32.1. The Morgan fingerprint density at radius 2 is 2.04 bits per heavy atom. The monoisotopic (exact) mass is 390 g/mol. The Morgan fingerprint density at radius 3 is 2.77 bits per heavy atom. The third kappa shape index (κ3) is 3.83. The standard InChI is InChI=1S/C17H18N4O3S2/c1-4-5-11-15(26-21-20-11)16(22)19-17-18-12(9-25-17)10-6-7-13(23-2)14(8-10)24-3/h6-9H,4-5H2,1-3H3,(H,18,19,22). The molecule has 0 atom stereocenters. The summed E-state index contributed by atoms with van der Waals surface area (Å²) in [5.74, 6) is 1.06. The van der Waals surface area contributed by atoms with Crippen LogP contribution >= 0.6 is 22.9 Å². The maximum atomic E-state index is 12.5. The Balaban J connectivity index is 1.78. The van der Waals surface area contributed by atoms with Gasteiger partial charge in [-0.25, -0.2) is 4.98 Å². The number of rotatable bonds is 7. The highest BCUT2D eigenvalue weighted by molar-refractivity contribution is 7.14. The van der Waals surface area contributed by atoms with E-state index in [0.29, 0.717) is 21.5 Å². The number of aromatic nitrogens is 3. The summed E-state index contributed by atoms with van der Waals surface area (Å²) in [6, 6.07) is 5.58. The zero-order valence-corrected chi connectivity index (χ0v) is 16.2. The van der Waals surface area contributed by atoms with Crippen molar-refractivity contribution in [1.29, 1.82) is 0 Å². The van der Waals surface area contributed by atoms with Gasteiger partial charge in [0.25, 0.3) is 5.91 Å². The predicted molar refractivity (Wildman–Crippen MR) is 103 cm³/mol. The molecule has 0 saturated carbocycles. The van der Waals surface area contributed by atoms with Crippen molar-refractivity contribution in [2.45, 2.75) is 19.8 Å². The molecule has 0 unspecified atom stereocenters. The first-order valence-electron chi connectivity index (χ1n) is 7.96. The van der Waals surface area contributed by atoms with Crippen molar-refractivity contribution in [2.75, 3.05) is 19.5 Å². The molecule has 0 spiro atoms. The third-order valence-electron chi connectivity index (χ3n) is 3.65. The van der Waals surface area contributed by atoms with Crippen LogP contribution in [-0.2, 0) is 6.42 Å². The molecular weight excluding hydrogens is 372 g/mol. The van der Waals surface area contributed by atoms with E-state index in [1.54, 1.807) is 14.2 Å². The molecule has 0 aliphatic heterocycles. The molecule has 3 rings (SSSR count). The van der Waals surface area contributed by atoms with E-state index in [1.807, 2.05) is 30.5 Å². The molecule has 9 heteroatoms. The molecule has 0 aliphatic carbocycles. The van der Waals surface area contributed by atoms with Crippen molar-refractivity contribution in [3.63, 3.8) is 0 Å². The number of hydrogen-bond donors (Lipinski definition) is 1. The number of methoxy groups -OCH3 is 2. The van der Waals surface area contributed by atoms with Crippen LogP contribution in [0.3, 0.4) is 0 Å². The van der Waals surface area contributed by atoms with Gasteiger partial charge in [0.15, 0.2) is 16.6 Å². The smallest absolute Gasteiger partial charge is 0.271 e.